The van der Waals surface area contributed by atoms with Crippen molar-refractivity contribution in [3.8, 4) is 0 Å². The zero-order valence-corrected chi connectivity index (χ0v) is 7.86. The zero-order valence-electron chi connectivity index (χ0n) is 6.96. The van der Waals surface area contributed by atoms with Crippen LogP contribution < -0.4 is 0 Å². The first-order valence-corrected chi connectivity index (χ1v) is 3.90. The van der Waals surface area contributed by atoms with E-state index in [1.165, 1.54) is 0 Å². The van der Waals surface area contributed by atoms with Crippen molar-refractivity contribution < 1.29 is 0 Å². The molecule has 0 rings (SSSR count). The van der Waals surface area contributed by atoms with Gasteiger partial charge in [0.15, 0.2) is 0 Å². The summed E-state index contributed by atoms with van der Waals surface area (Å²) < 4.78 is 0. The molecule has 0 N–H and O–H groups in total. The van der Waals surface area contributed by atoms with E-state index in [9.17, 15) is 0 Å². The van der Waals surface area contributed by atoms with Crippen LogP contribution in [0.3, 0.4) is 0 Å². The second-order valence-corrected chi connectivity index (χ2v) is 1.84. The van der Waals surface area contributed by atoms with Crippen molar-refractivity contribution in [1.29, 1.82) is 0 Å². The largest absolute Gasteiger partial charge is 0.143 e. The number of thiol groups is 1. The quantitative estimate of drug-likeness (QED) is 0.458. The van der Waals surface area contributed by atoms with E-state index in [2.05, 4.69) is 19.2 Å². The lowest BCUT2D eigenvalue weighted by Gasteiger charge is -1.81. The Balaban J connectivity index is 0. The summed E-state index contributed by atoms with van der Waals surface area (Å²) in [5.41, 5.74) is 0. The highest BCUT2D eigenvalue weighted by Gasteiger charge is 1.72. The van der Waals surface area contributed by atoms with Crippen molar-refractivity contribution in [3.05, 3.63) is 35.8 Å². The monoisotopic (exact) mass is 156 g/mol. The molecular formula is C9H16S. The number of hydrogen-bond donors (Lipinski definition) is 1. The Kier molecular flexibility index (Phi) is 14.0. The second kappa shape index (κ2) is 11.4. The van der Waals surface area contributed by atoms with Gasteiger partial charge in [-0.25, -0.2) is 0 Å². The predicted molar refractivity (Wildman–Crippen MR) is 53.4 cm³/mol. The number of allylic oxidation sites excluding steroid dienone is 4. The van der Waals surface area contributed by atoms with E-state index in [1.807, 2.05) is 39.0 Å². The molecule has 0 fully saturated rings. The number of hydrogen-bond acceptors (Lipinski definition) is 1. The summed E-state index contributed by atoms with van der Waals surface area (Å²) in [6.45, 7) is 9.48. The van der Waals surface area contributed by atoms with Crippen LogP contribution in [0.25, 0.3) is 0 Å². The summed E-state index contributed by atoms with van der Waals surface area (Å²) in [7, 11) is 0. The van der Waals surface area contributed by atoms with Crippen LogP contribution in [0.1, 0.15) is 20.8 Å². The molecule has 10 heavy (non-hydrogen) atoms. The lowest BCUT2D eigenvalue weighted by Crippen LogP contribution is -1.57. The summed E-state index contributed by atoms with van der Waals surface area (Å²) >= 11 is 4.09. The van der Waals surface area contributed by atoms with Crippen LogP contribution in [-0.4, -0.2) is 0 Å². The molecule has 0 unspecified atom stereocenters. The molecule has 0 saturated heterocycles. The molecular weight excluding hydrogens is 140 g/mol. The first-order chi connectivity index (χ1) is 4.81. The minimum Gasteiger partial charge on any atom is -0.143 e. The fourth-order valence-corrected chi connectivity index (χ4v) is 0.602. The van der Waals surface area contributed by atoms with E-state index >= 15 is 0 Å². The van der Waals surface area contributed by atoms with Gasteiger partial charge in [0.05, 0.1) is 0 Å². The summed E-state index contributed by atoms with van der Waals surface area (Å²) in [6, 6.07) is 0. The SMILES string of the molecule is C=C/C=C(S)\C=C/C.CC. The van der Waals surface area contributed by atoms with Crippen LogP contribution in [0, 0.1) is 0 Å². The van der Waals surface area contributed by atoms with Gasteiger partial charge in [-0.3, -0.25) is 0 Å². The smallest absolute Gasteiger partial charge is 0.00364 e. The molecule has 0 aliphatic carbocycles. The maximum atomic E-state index is 4.09. The average Bonchev–Trinajstić information content (AvgIpc) is 1.93. The summed E-state index contributed by atoms with van der Waals surface area (Å²) in [5.74, 6) is 0. The van der Waals surface area contributed by atoms with Crippen molar-refractivity contribution in [2.24, 2.45) is 0 Å². The molecule has 0 atom stereocenters. The van der Waals surface area contributed by atoms with Crippen molar-refractivity contribution in [2.45, 2.75) is 20.8 Å². The van der Waals surface area contributed by atoms with E-state index in [0.29, 0.717) is 0 Å². The maximum absolute atomic E-state index is 4.09. The molecule has 58 valence electrons. The van der Waals surface area contributed by atoms with Crippen molar-refractivity contribution in [2.75, 3.05) is 0 Å². The zero-order chi connectivity index (χ0) is 8.41. The van der Waals surface area contributed by atoms with Crippen LogP contribution in [-0.2, 0) is 0 Å². The van der Waals surface area contributed by atoms with Crippen LogP contribution in [0.2, 0.25) is 0 Å². The molecule has 0 aliphatic heterocycles. The normalized spacial score (nSPS) is 10.6. The highest BCUT2D eigenvalue weighted by atomic mass is 32.1. The molecule has 1 heteroatoms. The van der Waals surface area contributed by atoms with Gasteiger partial charge in [0.1, 0.15) is 0 Å². The van der Waals surface area contributed by atoms with Gasteiger partial charge in [-0.2, -0.15) is 0 Å². The maximum Gasteiger partial charge on any atom is 0.00364 e. The Morgan fingerprint density at radius 3 is 2.20 bits per heavy atom. The first kappa shape index (κ1) is 12.3. The topological polar surface area (TPSA) is 0 Å². The minimum atomic E-state index is 0.933. The molecule has 0 nitrogen and oxygen atoms in total. The predicted octanol–water partition coefficient (Wildman–Crippen LogP) is 3.59. The van der Waals surface area contributed by atoms with Crippen LogP contribution in [0.15, 0.2) is 35.8 Å². The Bertz CT molecular complexity index is 121. The molecule has 0 aromatic carbocycles. The van der Waals surface area contributed by atoms with Crippen LogP contribution in [0.5, 0.6) is 0 Å². The standard InChI is InChI=1S/C7H10S.C2H6/c1-3-5-7(8)6-4-2;1-2/h3-6,8H,1H2,2H3;1-2H3/b6-4-,7-5+;. The van der Waals surface area contributed by atoms with Crippen molar-refractivity contribution in [1.82, 2.24) is 0 Å². The van der Waals surface area contributed by atoms with Crippen LogP contribution in [0.4, 0.5) is 0 Å². The van der Waals surface area contributed by atoms with E-state index in [0.717, 1.165) is 4.91 Å². The molecule has 0 aliphatic rings. The van der Waals surface area contributed by atoms with Gasteiger partial charge in [-0.1, -0.05) is 38.7 Å². The van der Waals surface area contributed by atoms with E-state index < -0.39 is 0 Å². The number of rotatable bonds is 2. The Hall–Kier alpha value is -0.430. The average molecular weight is 156 g/mol. The summed E-state index contributed by atoms with van der Waals surface area (Å²) in [5, 5.41) is 0. The van der Waals surface area contributed by atoms with E-state index in [-0.39, 0.29) is 0 Å². The second-order valence-electron chi connectivity index (χ2n) is 1.33. The molecule has 0 heterocycles. The minimum absolute atomic E-state index is 0.933. The molecule has 0 saturated carbocycles. The Morgan fingerprint density at radius 2 is 1.90 bits per heavy atom. The van der Waals surface area contributed by atoms with E-state index in [1.54, 1.807) is 6.08 Å². The molecule has 0 aromatic heterocycles. The van der Waals surface area contributed by atoms with Gasteiger partial charge in [0, 0.05) is 4.91 Å². The fourth-order valence-electron chi connectivity index (χ4n) is 0.347. The molecule has 0 amide bonds. The van der Waals surface area contributed by atoms with Crippen molar-refractivity contribution >= 4 is 12.6 Å². The molecule has 0 bridgehead atoms. The lowest BCUT2D eigenvalue weighted by molar-refractivity contribution is 1.50. The van der Waals surface area contributed by atoms with Crippen molar-refractivity contribution in [3.63, 3.8) is 0 Å². The van der Waals surface area contributed by atoms with Crippen LogP contribution >= 0.6 is 12.6 Å². The fraction of sp³-hybridized carbons (Fsp3) is 0.333. The molecule has 0 spiro atoms. The third-order valence-corrected chi connectivity index (χ3v) is 0.924. The van der Waals surface area contributed by atoms with Gasteiger partial charge in [0.25, 0.3) is 0 Å². The first-order valence-electron chi connectivity index (χ1n) is 3.45. The van der Waals surface area contributed by atoms with Gasteiger partial charge in [-0.15, -0.1) is 12.6 Å². The van der Waals surface area contributed by atoms with Gasteiger partial charge in [-0.05, 0) is 13.0 Å². The lowest BCUT2D eigenvalue weighted by atomic mass is 10.4. The molecule has 0 radical (unpaired) electrons. The highest BCUT2D eigenvalue weighted by Crippen LogP contribution is 2.00. The van der Waals surface area contributed by atoms with E-state index in [4.69, 9.17) is 0 Å². The van der Waals surface area contributed by atoms with Gasteiger partial charge >= 0.3 is 0 Å². The summed E-state index contributed by atoms with van der Waals surface area (Å²) in [6.07, 6.45) is 7.39. The Morgan fingerprint density at radius 1 is 1.40 bits per heavy atom. The third-order valence-electron chi connectivity index (χ3n) is 0.626. The molecule has 0 aromatic rings. The highest BCUT2D eigenvalue weighted by molar-refractivity contribution is 7.84. The van der Waals surface area contributed by atoms with Gasteiger partial charge < -0.3 is 0 Å². The third kappa shape index (κ3) is 10.5. The Labute approximate surface area is 69.8 Å². The van der Waals surface area contributed by atoms with Gasteiger partial charge in [0.2, 0.25) is 0 Å². The summed E-state index contributed by atoms with van der Waals surface area (Å²) in [4.78, 5) is 0.933.